The maximum absolute atomic E-state index is 13.2. The van der Waals surface area contributed by atoms with Crippen molar-refractivity contribution in [2.24, 2.45) is 0 Å². The van der Waals surface area contributed by atoms with Gasteiger partial charge in [-0.05, 0) is 64.0 Å². The van der Waals surface area contributed by atoms with Gasteiger partial charge in [0, 0.05) is 36.8 Å². The molecule has 0 atom stereocenters. The Hall–Kier alpha value is -3.01. The number of urea groups is 1. The average Bonchev–Trinajstić information content (AvgIpc) is 2.85. The fraction of sp³-hybridized carbons (Fsp3) is 0.407. The summed E-state index contributed by atoms with van der Waals surface area (Å²) in [4.78, 5) is 19.7. The van der Waals surface area contributed by atoms with Crippen LogP contribution in [0.1, 0.15) is 31.0 Å². The standard InChI is InChI=1S/C27H35N5O3S/c1-4-32(36(34,35)23-11-9-20(2)10-12-23)22-13-16-31(17-14-22)18-15-28-27(33)30-26-19-21(3)29-25-8-6-5-7-24(25)26/h5-12,19,22H,4,13-18H2,1-3H3,(H2,28,29,30,33). The van der Waals surface area contributed by atoms with E-state index in [-0.39, 0.29) is 12.1 Å². The largest absolute Gasteiger partial charge is 0.337 e. The third kappa shape index (κ3) is 6.03. The molecule has 4 rings (SSSR count). The zero-order valence-corrected chi connectivity index (χ0v) is 22.0. The highest BCUT2D eigenvalue weighted by Gasteiger charge is 2.32. The molecule has 1 fully saturated rings. The number of hydrogen-bond donors (Lipinski definition) is 2. The van der Waals surface area contributed by atoms with Gasteiger partial charge in [-0.3, -0.25) is 4.98 Å². The third-order valence-electron chi connectivity index (χ3n) is 6.71. The number of sulfonamides is 1. The minimum atomic E-state index is -3.52. The summed E-state index contributed by atoms with van der Waals surface area (Å²) in [6, 6.07) is 16.4. The lowest BCUT2D eigenvalue weighted by Crippen LogP contribution is -2.48. The lowest BCUT2D eigenvalue weighted by atomic mass is 10.1. The first-order chi connectivity index (χ1) is 17.3. The van der Waals surface area contributed by atoms with E-state index in [1.807, 2.05) is 63.2 Å². The van der Waals surface area contributed by atoms with Gasteiger partial charge in [-0.15, -0.1) is 0 Å². The van der Waals surface area contributed by atoms with E-state index in [4.69, 9.17) is 0 Å². The van der Waals surface area contributed by atoms with Crippen LogP contribution in [0.15, 0.2) is 59.5 Å². The van der Waals surface area contributed by atoms with E-state index < -0.39 is 10.0 Å². The molecule has 0 unspecified atom stereocenters. The highest BCUT2D eigenvalue weighted by atomic mass is 32.2. The van der Waals surface area contributed by atoms with Crippen LogP contribution in [0.4, 0.5) is 10.5 Å². The molecule has 36 heavy (non-hydrogen) atoms. The van der Waals surface area contributed by atoms with Crippen molar-refractivity contribution < 1.29 is 13.2 Å². The molecule has 3 aromatic rings. The second-order valence-corrected chi connectivity index (χ2v) is 11.2. The maximum atomic E-state index is 13.2. The number of amides is 2. The summed E-state index contributed by atoms with van der Waals surface area (Å²) in [5.74, 6) is 0. The summed E-state index contributed by atoms with van der Waals surface area (Å²) in [6.07, 6.45) is 1.54. The fourth-order valence-electron chi connectivity index (χ4n) is 4.81. The van der Waals surface area contributed by atoms with Crippen molar-refractivity contribution in [2.75, 3.05) is 38.0 Å². The summed E-state index contributed by atoms with van der Waals surface area (Å²) >= 11 is 0. The van der Waals surface area contributed by atoms with Crippen molar-refractivity contribution in [3.63, 3.8) is 0 Å². The van der Waals surface area contributed by atoms with Crippen LogP contribution in [0.3, 0.4) is 0 Å². The maximum Gasteiger partial charge on any atom is 0.319 e. The van der Waals surface area contributed by atoms with Crippen LogP contribution in [0, 0.1) is 13.8 Å². The van der Waals surface area contributed by atoms with Crippen molar-refractivity contribution in [1.29, 1.82) is 0 Å². The molecule has 0 aliphatic carbocycles. The number of pyridine rings is 1. The predicted molar refractivity (Wildman–Crippen MR) is 144 cm³/mol. The van der Waals surface area contributed by atoms with Crippen molar-refractivity contribution in [2.45, 2.75) is 44.6 Å². The Morgan fingerprint density at radius 1 is 1.08 bits per heavy atom. The number of aromatic nitrogens is 1. The Morgan fingerprint density at radius 2 is 1.78 bits per heavy atom. The second kappa shape index (κ2) is 11.4. The topological polar surface area (TPSA) is 94.6 Å². The SMILES string of the molecule is CCN(C1CCN(CCNC(=O)Nc2cc(C)nc3ccccc23)CC1)S(=O)(=O)c1ccc(C)cc1. The fourth-order valence-corrected chi connectivity index (χ4v) is 6.50. The van der Waals surface area contributed by atoms with Gasteiger partial charge in [-0.1, -0.05) is 42.8 Å². The number of hydrogen-bond acceptors (Lipinski definition) is 5. The minimum Gasteiger partial charge on any atom is -0.337 e. The summed E-state index contributed by atoms with van der Waals surface area (Å²) in [5, 5.41) is 6.79. The van der Waals surface area contributed by atoms with Gasteiger partial charge >= 0.3 is 6.03 Å². The van der Waals surface area contributed by atoms with Gasteiger partial charge in [-0.2, -0.15) is 4.31 Å². The molecule has 1 aliphatic heterocycles. The van der Waals surface area contributed by atoms with Gasteiger partial charge in [-0.25, -0.2) is 13.2 Å². The molecule has 0 bridgehead atoms. The average molecular weight is 510 g/mol. The van der Waals surface area contributed by atoms with Crippen molar-refractivity contribution in [3.8, 4) is 0 Å². The molecule has 2 heterocycles. The van der Waals surface area contributed by atoms with Crippen molar-refractivity contribution >= 4 is 32.6 Å². The van der Waals surface area contributed by atoms with Crippen LogP contribution in [-0.2, 0) is 10.0 Å². The number of anilines is 1. The third-order valence-corrected chi connectivity index (χ3v) is 8.75. The first kappa shape index (κ1) is 26.1. The molecular weight excluding hydrogens is 474 g/mol. The Morgan fingerprint density at radius 3 is 2.47 bits per heavy atom. The van der Waals surface area contributed by atoms with Crippen molar-refractivity contribution in [3.05, 3.63) is 65.9 Å². The molecule has 192 valence electrons. The smallest absolute Gasteiger partial charge is 0.319 e. The Labute approximate surface area is 213 Å². The quantitative estimate of drug-likeness (QED) is 0.476. The zero-order chi connectivity index (χ0) is 25.7. The number of carbonyl (C=O) groups excluding carboxylic acids is 1. The van der Waals surface area contributed by atoms with E-state index in [2.05, 4.69) is 20.5 Å². The van der Waals surface area contributed by atoms with E-state index in [1.54, 1.807) is 16.4 Å². The molecule has 9 heteroatoms. The van der Waals surface area contributed by atoms with Crippen LogP contribution >= 0.6 is 0 Å². The molecule has 0 radical (unpaired) electrons. The highest BCUT2D eigenvalue weighted by molar-refractivity contribution is 7.89. The van der Waals surface area contributed by atoms with Crippen LogP contribution in [0.2, 0.25) is 0 Å². The molecule has 1 aromatic heterocycles. The zero-order valence-electron chi connectivity index (χ0n) is 21.2. The van der Waals surface area contributed by atoms with Crippen molar-refractivity contribution in [1.82, 2.24) is 19.5 Å². The van der Waals surface area contributed by atoms with Gasteiger partial charge in [0.15, 0.2) is 0 Å². The van der Waals surface area contributed by atoms with Gasteiger partial charge in [0.05, 0.1) is 16.1 Å². The van der Waals surface area contributed by atoms with E-state index in [1.165, 1.54) is 0 Å². The molecular formula is C27H35N5O3S. The molecule has 1 aliphatic rings. The monoisotopic (exact) mass is 509 g/mol. The molecule has 2 amide bonds. The number of rotatable bonds is 8. The van der Waals surface area contributed by atoms with Gasteiger partial charge in [0.1, 0.15) is 0 Å². The van der Waals surface area contributed by atoms with Gasteiger partial charge in [0.2, 0.25) is 10.0 Å². The molecule has 2 N–H and O–H groups in total. The van der Waals surface area contributed by atoms with E-state index >= 15 is 0 Å². The molecule has 0 spiro atoms. The van der Waals surface area contributed by atoms with E-state index in [9.17, 15) is 13.2 Å². The number of nitrogens with zero attached hydrogens (tertiary/aromatic N) is 3. The van der Waals surface area contributed by atoms with Crippen LogP contribution in [-0.4, -0.2) is 67.4 Å². The number of benzene rings is 2. The number of fused-ring (bicyclic) bond motifs is 1. The number of piperidine rings is 1. The highest BCUT2D eigenvalue weighted by Crippen LogP contribution is 2.25. The molecule has 1 saturated heterocycles. The van der Waals surface area contributed by atoms with Gasteiger partial charge < -0.3 is 15.5 Å². The summed E-state index contributed by atoms with van der Waals surface area (Å²) in [5.41, 5.74) is 3.47. The number of carbonyl (C=O) groups is 1. The Balaban J connectivity index is 1.26. The number of likely N-dealkylation sites (tertiary alicyclic amines) is 1. The van der Waals surface area contributed by atoms with Gasteiger partial charge in [0.25, 0.3) is 0 Å². The number of aryl methyl sites for hydroxylation is 2. The Kier molecular flexibility index (Phi) is 8.23. The lowest BCUT2D eigenvalue weighted by Gasteiger charge is -2.37. The predicted octanol–water partition coefficient (Wildman–Crippen LogP) is 4.15. The lowest BCUT2D eigenvalue weighted by molar-refractivity contribution is 0.162. The van der Waals surface area contributed by atoms with Crippen LogP contribution < -0.4 is 10.6 Å². The van der Waals surface area contributed by atoms with Crippen LogP contribution in [0.25, 0.3) is 10.9 Å². The minimum absolute atomic E-state index is 0.0166. The first-order valence-electron chi connectivity index (χ1n) is 12.5. The van der Waals surface area contributed by atoms with E-state index in [0.29, 0.717) is 24.5 Å². The Bertz CT molecular complexity index is 1300. The first-order valence-corrected chi connectivity index (χ1v) is 13.9. The van der Waals surface area contributed by atoms with Crippen LogP contribution in [0.5, 0.6) is 0 Å². The molecule has 0 saturated carbocycles. The van der Waals surface area contributed by atoms with E-state index in [0.717, 1.165) is 53.8 Å². The number of nitrogens with one attached hydrogen (secondary N) is 2. The summed E-state index contributed by atoms with van der Waals surface area (Å²) in [7, 11) is -3.52. The second-order valence-electron chi connectivity index (χ2n) is 9.30. The normalized spacial score (nSPS) is 15.3. The molecule has 8 nitrogen and oxygen atoms in total. The summed E-state index contributed by atoms with van der Waals surface area (Å²) in [6.45, 7) is 9.02. The summed E-state index contributed by atoms with van der Waals surface area (Å²) < 4.78 is 28.1. The number of para-hydroxylation sites is 1. The molecule has 2 aromatic carbocycles.